The van der Waals surface area contributed by atoms with Gasteiger partial charge in [-0.15, -0.1) is 0 Å². The van der Waals surface area contributed by atoms with Crippen LogP contribution in [-0.2, 0) is 6.54 Å². The first-order chi connectivity index (χ1) is 7.17. The summed E-state index contributed by atoms with van der Waals surface area (Å²) in [7, 11) is 4.14. The van der Waals surface area contributed by atoms with Crippen LogP contribution >= 0.6 is 0 Å². The van der Waals surface area contributed by atoms with Crippen LogP contribution in [0, 0.1) is 6.92 Å². The topological polar surface area (TPSA) is 28.4 Å². The first-order valence-electron chi connectivity index (χ1n) is 5.57. The van der Waals surface area contributed by atoms with Crippen molar-refractivity contribution in [1.29, 1.82) is 0 Å². The van der Waals surface area contributed by atoms with Crippen LogP contribution in [0.25, 0.3) is 0 Å². The van der Waals surface area contributed by atoms with Crippen LogP contribution in [-0.4, -0.2) is 31.6 Å². The molecule has 0 aliphatic carbocycles. The van der Waals surface area contributed by atoms with E-state index in [1.165, 1.54) is 0 Å². The molecule has 1 unspecified atom stereocenters. The lowest BCUT2D eigenvalue weighted by molar-refractivity contribution is 0.207. The Hall–Kier alpha value is -0.800. The molecule has 0 spiro atoms. The molecule has 1 heterocycles. The number of hydrogen-bond donors (Lipinski definition) is 1. The minimum Gasteiger partial charge on any atom is -0.465 e. The smallest absolute Gasteiger partial charge is 0.118 e. The maximum atomic E-state index is 5.56. The molecule has 3 nitrogen and oxygen atoms in total. The van der Waals surface area contributed by atoms with Crippen molar-refractivity contribution >= 4 is 0 Å². The summed E-state index contributed by atoms with van der Waals surface area (Å²) < 4.78 is 5.56. The Morgan fingerprint density at radius 2 is 2.20 bits per heavy atom. The average molecular weight is 210 g/mol. The summed E-state index contributed by atoms with van der Waals surface area (Å²) in [5, 5.41) is 3.22. The second-order valence-electron chi connectivity index (χ2n) is 4.05. The van der Waals surface area contributed by atoms with Crippen LogP contribution in [0.15, 0.2) is 16.5 Å². The fourth-order valence-corrected chi connectivity index (χ4v) is 1.79. The van der Waals surface area contributed by atoms with E-state index in [1.54, 1.807) is 0 Å². The van der Waals surface area contributed by atoms with E-state index in [9.17, 15) is 0 Å². The maximum absolute atomic E-state index is 5.56. The van der Waals surface area contributed by atoms with Gasteiger partial charge in [0, 0.05) is 12.6 Å². The molecule has 0 aliphatic heterocycles. The summed E-state index contributed by atoms with van der Waals surface area (Å²) in [4.78, 5) is 2.33. The lowest BCUT2D eigenvalue weighted by atomic mass is 10.2. The van der Waals surface area contributed by atoms with E-state index in [2.05, 4.69) is 30.3 Å². The highest BCUT2D eigenvalue weighted by atomic mass is 16.3. The first-order valence-corrected chi connectivity index (χ1v) is 5.57. The molecular formula is C12H22N2O. The highest BCUT2D eigenvalue weighted by Gasteiger charge is 2.13. The highest BCUT2D eigenvalue weighted by molar-refractivity contribution is 5.05. The summed E-state index contributed by atoms with van der Waals surface area (Å²) in [6, 6.07) is 4.64. The fraction of sp³-hybridized carbons (Fsp3) is 0.667. The Bertz CT molecular complexity index is 283. The molecule has 1 N–H and O–H groups in total. The Balaban J connectivity index is 2.49. The van der Waals surface area contributed by atoms with Crippen LogP contribution in [0.2, 0.25) is 0 Å². The second-order valence-corrected chi connectivity index (χ2v) is 4.05. The molecule has 1 rings (SSSR count). The number of rotatable bonds is 6. The number of likely N-dealkylation sites (N-methyl/N-ethyl adjacent to an activating group) is 2. The van der Waals surface area contributed by atoms with Gasteiger partial charge in [-0.25, -0.2) is 0 Å². The molecule has 0 aromatic carbocycles. The van der Waals surface area contributed by atoms with Crippen molar-refractivity contribution in [3.63, 3.8) is 0 Å². The van der Waals surface area contributed by atoms with Crippen LogP contribution in [0.5, 0.6) is 0 Å². The van der Waals surface area contributed by atoms with Crippen LogP contribution in [0.1, 0.15) is 24.9 Å². The van der Waals surface area contributed by atoms with Gasteiger partial charge in [-0.05, 0) is 39.6 Å². The summed E-state index contributed by atoms with van der Waals surface area (Å²) in [5.41, 5.74) is 0. The van der Waals surface area contributed by atoms with Gasteiger partial charge in [0.05, 0.1) is 6.54 Å². The fourth-order valence-electron chi connectivity index (χ4n) is 1.79. The van der Waals surface area contributed by atoms with E-state index in [4.69, 9.17) is 4.42 Å². The summed E-state index contributed by atoms with van der Waals surface area (Å²) >= 11 is 0. The molecule has 0 aliphatic rings. The zero-order valence-corrected chi connectivity index (χ0v) is 10.2. The van der Waals surface area contributed by atoms with E-state index in [-0.39, 0.29) is 0 Å². The molecule has 1 aromatic heterocycles. The van der Waals surface area contributed by atoms with Crippen molar-refractivity contribution in [3.8, 4) is 0 Å². The molecule has 0 bridgehead atoms. The predicted octanol–water partition coefficient (Wildman–Crippen LogP) is 2.02. The van der Waals surface area contributed by atoms with E-state index < -0.39 is 0 Å². The third-order valence-corrected chi connectivity index (χ3v) is 2.74. The lowest BCUT2D eigenvalue weighted by Crippen LogP contribution is -2.38. The van der Waals surface area contributed by atoms with Crippen molar-refractivity contribution in [2.24, 2.45) is 0 Å². The van der Waals surface area contributed by atoms with E-state index in [0.717, 1.165) is 31.0 Å². The molecular weight excluding hydrogens is 188 g/mol. The number of nitrogens with zero attached hydrogens (tertiary/aromatic N) is 1. The van der Waals surface area contributed by atoms with Crippen molar-refractivity contribution in [1.82, 2.24) is 10.2 Å². The quantitative estimate of drug-likeness (QED) is 0.778. The highest BCUT2D eigenvalue weighted by Crippen LogP contribution is 2.11. The van der Waals surface area contributed by atoms with Gasteiger partial charge in [-0.3, -0.25) is 4.90 Å². The van der Waals surface area contributed by atoms with Crippen LogP contribution in [0.3, 0.4) is 0 Å². The standard InChI is InChI=1S/C12H22N2O/c1-5-11(8-13-3)14(4)9-12-7-6-10(2)15-12/h6-7,11,13H,5,8-9H2,1-4H3. The predicted molar refractivity (Wildman–Crippen MR) is 62.9 cm³/mol. The normalized spacial score (nSPS) is 13.4. The average Bonchev–Trinajstić information content (AvgIpc) is 2.60. The van der Waals surface area contributed by atoms with Gasteiger partial charge < -0.3 is 9.73 Å². The minimum atomic E-state index is 0.570. The van der Waals surface area contributed by atoms with Gasteiger partial charge in [0.15, 0.2) is 0 Å². The van der Waals surface area contributed by atoms with Crippen molar-refractivity contribution in [2.45, 2.75) is 32.9 Å². The molecule has 0 fully saturated rings. The summed E-state index contributed by atoms with van der Waals surface area (Å²) in [6.07, 6.45) is 1.15. The maximum Gasteiger partial charge on any atom is 0.118 e. The zero-order chi connectivity index (χ0) is 11.3. The van der Waals surface area contributed by atoms with Gasteiger partial charge in [0.25, 0.3) is 0 Å². The van der Waals surface area contributed by atoms with Gasteiger partial charge in [-0.1, -0.05) is 6.92 Å². The third kappa shape index (κ3) is 3.68. The van der Waals surface area contributed by atoms with Crippen LogP contribution < -0.4 is 5.32 Å². The largest absolute Gasteiger partial charge is 0.465 e. The minimum absolute atomic E-state index is 0.570. The zero-order valence-electron chi connectivity index (χ0n) is 10.2. The van der Waals surface area contributed by atoms with Crippen LogP contribution in [0.4, 0.5) is 0 Å². The first kappa shape index (κ1) is 12.3. The number of hydrogen-bond acceptors (Lipinski definition) is 3. The number of furan rings is 1. The van der Waals surface area contributed by atoms with Gasteiger partial charge in [0.2, 0.25) is 0 Å². The SMILES string of the molecule is CCC(CNC)N(C)Cc1ccc(C)o1. The lowest BCUT2D eigenvalue weighted by Gasteiger charge is -2.25. The van der Waals surface area contributed by atoms with Gasteiger partial charge in [-0.2, -0.15) is 0 Å². The summed E-state index contributed by atoms with van der Waals surface area (Å²) in [6.45, 7) is 6.10. The third-order valence-electron chi connectivity index (χ3n) is 2.74. The van der Waals surface area contributed by atoms with Crippen molar-refractivity contribution in [2.75, 3.05) is 20.6 Å². The molecule has 86 valence electrons. The Morgan fingerprint density at radius 3 is 2.67 bits per heavy atom. The molecule has 15 heavy (non-hydrogen) atoms. The number of nitrogens with one attached hydrogen (secondary N) is 1. The molecule has 0 saturated heterocycles. The number of aryl methyl sites for hydroxylation is 1. The molecule has 0 radical (unpaired) electrons. The monoisotopic (exact) mass is 210 g/mol. The Labute approximate surface area is 92.5 Å². The van der Waals surface area contributed by atoms with E-state index in [0.29, 0.717) is 6.04 Å². The molecule has 3 heteroatoms. The van der Waals surface area contributed by atoms with Crippen molar-refractivity contribution in [3.05, 3.63) is 23.7 Å². The molecule has 0 saturated carbocycles. The molecule has 0 amide bonds. The molecule has 1 atom stereocenters. The van der Waals surface area contributed by atoms with Crippen molar-refractivity contribution < 1.29 is 4.42 Å². The molecule has 1 aromatic rings. The van der Waals surface area contributed by atoms with Gasteiger partial charge in [0.1, 0.15) is 11.5 Å². The Kier molecular flexibility index (Phi) is 4.85. The summed E-state index contributed by atoms with van der Waals surface area (Å²) in [5.74, 6) is 2.03. The van der Waals surface area contributed by atoms with E-state index >= 15 is 0 Å². The second kappa shape index (κ2) is 5.93. The van der Waals surface area contributed by atoms with E-state index in [1.807, 2.05) is 20.0 Å². The Morgan fingerprint density at radius 1 is 1.47 bits per heavy atom. The van der Waals surface area contributed by atoms with Gasteiger partial charge >= 0.3 is 0 Å².